The Balaban J connectivity index is 1.87. The van der Waals surface area contributed by atoms with Crippen molar-refractivity contribution in [3.63, 3.8) is 0 Å². The van der Waals surface area contributed by atoms with Crippen LogP contribution in [0.3, 0.4) is 0 Å². The molecule has 2 fully saturated rings. The van der Waals surface area contributed by atoms with Crippen molar-refractivity contribution in [3.05, 3.63) is 0 Å². The van der Waals surface area contributed by atoms with Crippen molar-refractivity contribution in [2.45, 2.75) is 39.2 Å². The van der Waals surface area contributed by atoms with Gasteiger partial charge in [0.15, 0.2) is 0 Å². The number of likely N-dealkylation sites (tertiary alicyclic amines) is 1. The first kappa shape index (κ1) is 13.3. The van der Waals surface area contributed by atoms with E-state index in [0.29, 0.717) is 11.0 Å². The molecule has 3 nitrogen and oxygen atoms in total. The minimum Gasteiger partial charge on any atom is -0.309 e. The summed E-state index contributed by atoms with van der Waals surface area (Å²) in [5, 5.41) is 3.60. The maximum atomic E-state index is 3.60. The normalized spacial score (nSPS) is 30.4. The van der Waals surface area contributed by atoms with Crippen LogP contribution in [-0.4, -0.2) is 61.7 Å². The van der Waals surface area contributed by atoms with Gasteiger partial charge in [-0.05, 0) is 52.2 Å². The molecule has 0 aliphatic carbocycles. The van der Waals surface area contributed by atoms with Crippen molar-refractivity contribution >= 4 is 0 Å². The lowest BCUT2D eigenvalue weighted by Gasteiger charge is -2.45. The van der Waals surface area contributed by atoms with Gasteiger partial charge in [-0.15, -0.1) is 0 Å². The lowest BCUT2D eigenvalue weighted by Crippen LogP contribution is -2.59. The molecule has 0 atom stereocenters. The molecule has 0 spiro atoms. The first-order valence-corrected chi connectivity index (χ1v) is 7.05. The summed E-state index contributed by atoms with van der Waals surface area (Å²) >= 11 is 0. The van der Waals surface area contributed by atoms with Crippen LogP contribution >= 0.6 is 0 Å². The van der Waals surface area contributed by atoms with Crippen LogP contribution in [0.25, 0.3) is 0 Å². The summed E-state index contributed by atoms with van der Waals surface area (Å²) in [7, 11) is 2.24. The molecule has 100 valence electrons. The van der Waals surface area contributed by atoms with Crippen molar-refractivity contribution in [1.82, 2.24) is 15.1 Å². The Morgan fingerprint density at radius 1 is 1.06 bits per heavy atom. The largest absolute Gasteiger partial charge is 0.309 e. The van der Waals surface area contributed by atoms with Gasteiger partial charge in [0.25, 0.3) is 0 Å². The van der Waals surface area contributed by atoms with Crippen LogP contribution in [-0.2, 0) is 0 Å². The number of piperazine rings is 1. The average molecular weight is 239 g/mol. The fourth-order valence-corrected chi connectivity index (χ4v) is 3.24. The molecule has 3 heteroatoms. The molecule has 0 aromatic carbocycles. The Hall–Kier alpha value is -0.120. The summed E-state index contributed by atoms with van der Waals surface area (Å²) in [5.74, 6) is 0. The Kier molecular flexibility index (Phi) is 3.81. The van der Waals surface area contributed by atoms with Crippen LogP contribution in [0, 0.1) is 5.41 Å². The Morgan fingerprint density at radius 2 is 1.71 bits per heavy atom. The maximum absolute atomic E-state index is 3.60. The summed E-state index contributed by atoms with van der Waals surface area (Å²) in [6.07, 6.45) is 2.71. The van der Waals surface area contributed by atoms with Gasteiger partial charge in [0, 0.05) is 31.7 Å². The average Bonchev–Trinajstić information content (AvgIpc) is 2.21. The summed E-state index contributed by atoms with van der Waals surface area (Å²) in [4.78, 5) is 5.13. The fraction of sp³-hybridized carbons (Fsp3) is 1.00. The van der Waals surface area contributed by atoms with E-state index < -0.39 is 0 Å². The molecular formula is C14H29N3. The molecule has 1 N–H and O–H groups in total. The zero-order valence-corrected chi connectivity index (χ0v) is 12.1. The topological polar surface area (TPSA) is 18.5 Å². The van der Waals surface area contributed by atoms with Crippen LogP contribution in [0.5, 0.6) is 0 Å². The van der Waals surface area contributed by atoms with Crippen LogP contribution < -0.4 is 5.32 Å². The van der Waals surface area contributed by atoms with E-state index in [1.807, 2.05) is 0 Å². The molecule has 2 rings (SSSR count). The van der Waals surface area contributed by atoms with E-state index in [9.17, 15) is 0 Å². The molecule has 17 heavy (non-hydrogen) atoms. The van der Waals surface area contributed by atoms with Crippen molar-refractivity contribution < 1.29 is 0 Å². The van der Waals surface area contributed by atoms with Gasteiger partial charge in [-0.3, -0.25) is 4.90 Å². The number of hydrogen-bond donors (Lipinski definition) is 1. The summed E-state index contributed by atoms with van der Waals surface area (Å²) in [6.45, 7) is 14.5. The zero-order chi connectivity index (χ0) is 12.5. The molecule has 0 saturated carbocycles. The van der Waals surface area contributed by atoms with Crippen LogP contribution in [0.4, 0.5) is 0 Å². The van der Waals surface area contributed by atoms with Gasteiger partial charge in [0.1, 0.15) is 0 Å². The maximum Gasteiger partial charge on any atom is 0.0252 e. The third-order valence-corrected chi connectivity index (χ3v) is 4.45. The van der Waals surface area contributed by atoms with Gasteiger partial charge < -0.3 is 10.2 Å². The van der Waals surface area contributed by atoms with E-state index in [0.717, 1.165) is 6.54 Å². The van der Waals surface area contributed by atoms with E-state index in [1.165, 1.54) is 45.6 Å². The highest BCUT2D eigenvalue weighted by atomic mass is 15.2. The second-order valence-corrected chi connectivity index (χ2v) is 7.14. The summed E-state index contributed by atoms with van der Waals surface area (Å²) < 4.78 is 0. The number of nitrogens with one attached hydrogen (secondary N) is 1. The monoisotopic (exact) mass is 239 g/mol. The summed E-state index contributed by atoms with van der Waals surface area (Å²) in [6, 6.07) is 0. The van der Waals surface area contributed by atoms with Gasteiger partial charge in [-0.1, -0.05) is 6.92 Å². The molecule has 0 bridgehead atoms. The third kappa shape index (κ3) is 3.67. The second-order valence-electron chi connectivity index (χ2n) is 7.14. The Bertz CT molecular complexity index is 254. The highest BCUT2D eigenvalue weighted by molar-refractivity contribution is 4.91. The van der Waals surface area contributed by atoms with Crippen molar-refractivity contribution in [3.8, 4) is 0 Å². The van der Waals surface area contributed by atoms with E-state index in [1.54, 1.807) is 0 Å². The molecule has 2 saturated heterocycles. The van der Waals surface area contributed by atoms with Crippen LogP contribution in [0.2, 0.25) is 0 Å². The molecule has 2 heterocycles. The van der Waals surface area contributed by atoms with E-state index in [-0.39, 0.29) is 0 Å². The molecule has 2 aliphatic heterocycles. The second kappa shape index (κ2) is 4.87. The number of piperidine rings is 1. The number of rotatable bonds is 2. The molecular weight excluding hydrogens is 210 g/mol. The molecule has 0 aromatic rings. The van der Waals surface area contributed by atoms with E-state index in [2.05, 4.69) is 42.9 Å². The minimum absolute atomic E-state index is 0.292. The van der Waals surface area contributed by atoms with Crippen molar-refractivity contribution in [2.75, 3.05) is 46.3 Å². The Morgan fingerprint density at radius 3 is 2.29 bits per heavy atom. The first-order valence-electron chi connectivity index (χ1n) is 7.05. The molecule has 0 unspecified atom stereocenters. The van der Waals surface area contributed by atoms with Gasteiger partial charge in [0.2, 0.25) is 0 Å². The van der Waals surface area contributed by atoms with Gasteiger partial charge in [-0.2, -0.15) is 0 Å². The third-order valence-electron chi connectivity index (χ3n) is 4.45. The van der Waals surface area contributed by atoms with Crippen molar-refractivity contribution in [1.29, 1.82) is 0 Å². The Labute approximate surface area is 107 Å². The lowest BCUT2D eigenvalue weighted by atomic mass is 9.79. The first-order chi connectivity index (χ1) is 7.89. The van der Waals surface area contributed by atoms with Crippen LogP contribution in [0.15, 0.2) is 0 Å². The SMILES string of the molecule is CN1CCC(C)(CN2CCNC(C)(C)C2)CC1. The fourth-order valence-electron chi connectivity index (χ4n) is 3.24. The predicted molar refractivity (Wildman–Crippen MR) is 73.4 cm³/mol. The smallest absolute Gasteiger partial charge is 0.0252 e. The molecule has 2 aliphatic rings. The van der Waals surface area contributed by atoms with Gasteiger partial charge in [0.05, 0.1) is 0 Å². The highest BCUT2D eigenvalue weighted by Crippen LogP contribution is 2.32. The molecule has 0 amide bonds. The van der Waals surface area contributed by atoms with Crippen LogP contribution in [0.1, 0.15) is 33.6 Å². The van der Waals surface area contributed by atoms with Gasteiger partial charge in [-0.25, -0.2) is 0 Å². The molecule has 0 aromatic heterocycles. The van der Waals surface area contributed by atoms with Crippen molar-refractivity contribution in [2.24, 2.45) is 5.41 Å². The standard InChI is InChI=1S/C14H29N3/c1-13(2)11-17(10-7-15-13)12-14(3)5-8-16(4)9-6-14/h15H,5-12H2,1-4H3. The van der Waals surface area contributed by atoms with Gasteiger partial charge >= 0.3 is 0 Å². The minimum atomic E-state index is 0.292. The van der Waals surface area contributed by atoms with E-state index >= 15 is 0 Å². The van der Waals surface area contributed by atoms with E-state index in [4.69, 9.17) is 0 Å². The number of nitrogens with zero attached hydrogens (tertiary/aromatic N) is 2. The highest BCUT2D eigenvalue weighted by Gasteiger charge is 2.34. The summed E-state index contributed by atoms with van der Waals surface area (Å²) in [5.41, 5.74) is 0.833. The zero-order valence-electron chi connectivity index (χ0n) is 12.1. The lowest BCUT2D eigenvalue weighted by molar-refractivity contribution is 0.0591. The predicted octanol–water partition coefficient (Wildman–Crippen LogP) is 1.40. The number of hydrogen-bond acceptors (Lipinski definition) is 3. The molecule has 0 radical (unpaired) electrons. The quantitative estimate of drug-likeness (QED) is 0.786.